The van der Waals surface area contributed by atoms with E-state index in [0.717, 1.165) is 21.8 Å². The van der Waals surface area contributed by atoms with Crippen LogP contribution in [0.5, 0.6) is 5.75 Å². The number of fused-ring (bicyclic) bond motifs is 3. The zero-order valence-electron chi connectivity index (χ0n) is 10.6. The van der Waals surface area contributed by atoms with Crippen LogP contribution in [0.15, 0.2) is 60.9 Å². The Morgan fingerprint density at radius 1 is 0.800 bits per heavy atom. The number of nitrogens with zero attached hydrogens (tertiary/aromatic N) is 3. The topological polar surface area (TPSA) is 74.7 Å². The fourth-order valence-electron chi connectivity index (χ4n) is 2.06. The standard InChI is InChI=1S/C12H9NO.C3H3N3/c14-11-7-3-5-9-8-4-1-2-6-10(8)13-12(9)11;1-2-4-6-5-3-1/h1-7,13-14H;1-3H. The number of para-hydroxylation sites is 2. The van der Waals surface area contributed by atoms with Crippen molar-refractivity contribution in [2.75, 3.05) is 0 Å². The molecule has 0 saturated heterocycles. The lowest BCUT2D eigenvalue weighted by atomic mass is 10.1. The van der Waals surface area contributed by atoms with Crippen LogP contribution >= 0.6 is 0 Å². The molecule has 4 aromatic rings. The molecule has 0 aliphatic rings. The lowest BCUT2D eigenvalue weighted by molar-refractivity contribution is 0.480. The third kappa shape index (κ3) is 2.29. The molecule has 0 aliphatic heterocycles. The van der Waals surface area contributed by atoms with Crippen molar-refractivity contribution in [1.29, 1.82) is 0 Å². The Bertz CT molecular complexity index is 800. The monoisotopic (exact) mass is 264 g/mol. The number of phenolic OH excluding ortho intramolecular Hbond substituents is 1. The molecule has 0 bridgehead atoms. The molecule has 2 N–H and O–H groups in total. The van der Waals surface area contributed by atoms with Crippen LogP contribution in [0.1, 0.15) is 0 Å². The molecule has 2 aromatic carbocycles. The van der Waals surface area contributed by atoms with Crippen LogP contribution in [0.2, 0.25) is 0 Å². The van der Waals surface area contributed by atoms with Gasteiger partial charge in [-0.2, -0.15) is 0 Å². The van der Waals surface area contributed by atoms with Crippen molar-refractivity contribution in [3.8, 4) is 5.75 Å². The van der Waals surface area contributed by atoms with Crippen LogP contribution in [-0.2, 0) is 0 Å². The van der Waals surface area contributed by atoms with Crippen molar-refractivity contribution in [2.45, 2.75) is 0 Å². The summed E-state index contributed by atoms with van der Waals surface area (Å²) in [6.07, 6.45) is 3.15. The van der Waals surface area contributed by atoms with Crippen LogP contribution in [0.3, 0.4) is 0 Å². The molecule has 5 nitrogen and oxygen atoms in total. The highest BCUT2D eigenvalue weighted by Gasteiger charge is 2.05. The second kappa shape index (κ2) is 5.36. The van der Waals surface area contributed by atoms with E-state index in [1.54, 1.807) is 24.5 Å². The summed E-state index contributed by atoms with van der Waals surface area (Å²) in [6, 6.07) is 15.3. The summed E-state index contributed by atoms with van der Waals surface area (Å²) in [5, 5.41) is 22.0. The van der Waals surface area contributed by atoms with Crippen molar-refractivity contribution in [3.05, 3.63) is 60.9 Å². The first kappa shape index (κ1) is 12.1. The Morgan fingerprint density at radius 3 is 2.25 bits per heavy atom. The number of benzene rings is 2. The minimum atomic E-state index is 0.304. The Morgan fingerprint density at radius 2 is 1.55 bits per heavy atom. The van der Waals surface area contributed by atoms with Gasteiger partial charge >= 0.3 is 0 Å². The average molecular weight is 264 g/mol. The molecule has 0 fully saturated rings. The first-order valence-corrected chi connectivity index (χ1v) is 6.13. The lowest BCUT2D eigenvalue weighted by Crippen LogP contribution is -1.78. The van der Waals surface area contributed by atoms with Gasteiger partial charge in [0.05, 0.1) is 17.9 Å². The number of aromatic hydroxyl groups is 1. The van der Waals surface area contributed by atoms with Gasteiger partial charge in [0, 0.05) is 16.3 Å². The molecule has 0 atom stereocenters. The van der Waals surface area contributed by atoms with E-state index in [2.05, 4.69) is 20.4 Å². The molecule has 2 heterocycles. The summed E-state index contributed by atoms with van der Waals surface area (Å²) in [4.78, 5) is 3.20. The number of aromatic nitrogens is 4. The van der Waals surface area contributed by atoms with Gasteiger partial charge in [0.25, 0.3) is 0 Å². The fraction of sp³-hybridized carbons (Fsp3) is 0. The van der Waals surface area contributed by atoms with Gasteiger partial charge in [-0.05, 0) is 23.4 Å². The normalized spacial score (nSPS) is 10.2. The maximum Gasteiger partial charge on any atom is 0.139 e. The highest BCUT2D eigenvalue weighted by atomic mass is 16.3. The summed E-state index contributed by atoms with van der Waals surface area (Å²) >= 11 is 0. The number of phenols is 1. The first-order chi connectivity index (χ1) is 9.86. The quantitative estimate of drug-likeness (QED) is 0.512. The van der Waals surface area contributed by atoms with Crippen LogP contribution in [0.4, 0.5) is 0 Å². The SMILES string of the molecule is Oc1cccc2c1[nH]c1ccccc12.c1cnnnc1. The molecule has 0 unspecified atom stereocenters. The molecule has 98 valence electrons. The second-order valence-electron chi connectivity index (χ2n) is 4.18. The van der Waals surface area contributed by atoms with Crippen LogP contribution < -0.4 is 0 Å². The molecule has 0 spiro atoms. The molecule has 0 aliphatic carbocycles. The van der Waals surface area contributed by atoms with Crippen LogP contribution in [0.25, 0.3) is 21.8 Å². The van der Waals surface area contributed by atoms with E-state index in [9.17, 15) is 5.11 Å². The Kier molecular flexibility index (Phi) is 3.24. The number of H-pyrrole nitrogens is 1. The zero-order valence-corrected chi connectivity index (χ0v) is 10.6. The number of nitrogens with one attached hydrogen (secondary N) is 1. The second-order valence-corrected chi connectivity index (χ2v) is 4.18. The lowest BCUT2D eigenvalue weighted by Gasteiger charge is -1.92. The van der Waals surface area contributed by atoms with E-state index in [-0.39, 0.29) is 0 Å². The number of hydrogen-bond acceptors (Lipinski definition) is 4. The van der Waals surface area contributed by atoms with Gasteiger partial charge in [0.1, 0.15) is 5.75 Å². The van der Waals surface area contributed by atoms with Crippen molar-refractivity contribution in [3.63, 3.8) is 0 Å². The Balaban J connectivity index is 0.000000170. The molecule has 0 amide bonds. The Labute approximate surface area is 114 Å². The van der Waals surface area contributed by atoms with Gasteiger partial charge < -0.3 is 10.1 Å². The van der Waals surface area contributed by atoms with Crippen molar-refractivity contribution < 1.29 is 5.11 Å². The minimum Gasteiger partial charge on any atom is -0.506 e. The number of aromatic amines is 1. The van der Waals surface area contributed by atoms with E-state index >= 15 is 0 Å². The van der Waals surface area contributed by atoms with E-state index in [1.165, 1.54) is 0 Å². The minimum absolute atomic E-state index is 0.304. The van der Waals surface area contributed by atoms with E-state index in [0.29, 0.717) is 5.75 Å². The van der Waals surface area contributed by atoms with Crippen LogP contribution in [0, 0.1) is 0 Å². The van der Waals surface area contributed by atoms with Crippen molar-refractivity contribution in [2.24, 2.45) is 0 Å². The fourth-order valence-corrected chi connectivity index (χ4v) is 2.06. The molecule has 20 heavy (non-hydrogen) atoms. The van der Waals surface area contributed by atoms with Crippen molar-refractivity contribution in [1.82, 2.24) is 20.4 Å². The first-order valence-electron chi connectivity index (χ1n) is 6.13. The van der Waals surface area contributed by atoms with E-state index in [4.69, 9.17) is 0 Å². The maximum absolute atomic E-state index is 9.64. The van der Waals surface area contributed by atoms with E-state index < -0.39 is 0 Å². The molecular weight excluding hydrogens is 252 g/mol. The van der Waals surface area contributed by atoms with Gasteiger partial charge in [0.15, 0.2) is 0 Å². The predicted molar refractivity (Wildman–Crippen MR) is 77.3 cm³/mol. The van der Waals surface area contributed by atoms with E-state index in [1.807, 2.05) is 36.4 Å². The highest BCUT2D eigenvalue weighted by molar-refractivity contribution is 6.08. The van der Waals surface area contributed by atoms with Gasteiger partial charge in [-0.1, -0.05) is 30.3 Å². The smallest absolute Gasteiger partial charge is 0.139 e. The van der Waals surface area contributed by atoms with Crippen molar-refractivity contribution >= 4 is 21.8 Å². The molecule has 5 heteroatoms. The summed E-state index contributed by atoms with van der Waals surface area (Å²) in [6.45, 7) is 0. The molecular formula is C15H12N4O. The van der Waals surface area contributed by atoms with Gasteiger partial charge in [-0.15, -0.1) is 10.2 Å². The molecule has 0 radical (unpaired) electrons. The predicted octanol–water partition coefficient (Wildman–Crippen LogP) is 2.90. The summed E-state index contributed by atoms with van der Waals surface area (Å²) in [5.41, 5.74) is 1.87. The van der Waals surface area contributed by atoms with Gasteiger partial charge in [-0.3, -0.25) is 0 Å². The van der Waals surface area contributed by atoms with Gasteiger partial charge in [-0.25, -0.2) is 0 Å². The highest BCUT2D eigenvalue weighted by Crippen LogP contribution is 2.30. The van der Waals surface area contributed by atoms with Crippen LogP contribution in [-0.4, -0.2) is 25.5 Å². The third-order valence-corrected chi connectivity index (χ3v) is 2.93. The molecule has 2 aromatic heterocycles. The summed E-state index contributed by atoms with van der Waals surface area (Å²) < 4.78 is 0. The number of hydrogen-bond donors (Lipinski definition) is 2. The Hall–Kier alpha value is -2.95. The summed E-state index contributed by atoms with van der Waals surface area (Å²) in [7, 11) is 0. The number of rotatable bonds is 0. The summed E-state index contributed by atoms with van der Waals surface area (Å²) in [5.74, 6) is 0.304. The molecule has 0 saturated carbocycles. The van der Waals surface area contributed by atoms with Gasteiger partial charge in [0.2, 0.25) is 0 Å². The maximum atomic E-state index is 9.64. The zero-order chi connectivity index (χ0) is 13.8. The molecule has 4 rings (SSSR count). The average Bonchev–Trinajstić information content (AvgIpc) is 2.90. The third-order valence-electron chi connectivity index (χ3n) is 2.93. The largest absolute Gasteiger partial charge is 0.506 e.